The van der Waals surface area contributed by atoms with E-state index in [4.69, 9.17) is 0 Å². The number of fused-ring (bicyclic) bond motifs is 5. The third kappa shape index (κ3) is 3.86. The third-order valence-electron chi connectivity index (χ3n) is 9.26. The third-order valence-corrected chi connectivity index (χ3v) is 11.1. The van der Waals surface area contributed by atoms with E-state index in [1.165, 1.54) is 54.3 Å². The molecule has 0 bridgehead atoms. The first kappa shape index (κ1) is 26.3. The van der Waals surface area contributed by atoms with Crippen molar-refractivity contribution in [3.05, 3.63) is 166 Å². The lowest BCUT2D eigenvalue weighted by atomic mass is 9.65. The second-order valence-electron chi connectivity index (χ2n) is 11.7. The van der Waals surface area contributed by atoms with Crippen molar-refractivity contribution < 1.29 is 10.2 Å². The molecule has 2 aromatic heterocycles. The Bertz CT molecular complexity index is 2230. The molecule has 1 aliphatic rings. The maximum Gasteiger partial charge on any atom is 0.116 e. The van der Waals surface area contributed by atoms with Crippen LogP contribution in [-0.2, 0) is 5.41 Å². The van der Waals surface area contributed by atoms with Gasteiger partial charge in [-0.25, -0.2) is 0 Å². The topological polar surface area (TPSA) is 40.5 Å². The Hall–Kier alpha value is -5.16. The summed E-state index contributed by atoms with van der Waals surface area (Å²) < 4.78 is 0. The SMILES string of the molecule is Oc1ccc2cc(C3(c4ccc5cc(O)ccc5c4)c4c(-c5cccs5)cccc4-c4cccc(-c5cccs5)c43)ccc2c1. The van der Waals surface area contributed by atoms with Crippen LogP contribution in [0.1, 0.15) is 22.3 Å². The molecule has 0 spiro atoms. The Balaban J connectivity index is 1.50. The zero-order valence-electron chi connectivity index (χ0n) is 24.1. The van der Waals surface area contributed by atoms with Crippen LogP contribution in [0.5, 0.6) is 11.5 Å². The number of hydrogen-bond acceptors (Lipinski definition) is 4. The Kier molecular flexibility index (Phi) is 5.79. The first-order chi connectivity index (χ1) is 22.1. The van der Waals surface area contributed by atoms with Gasteiger partial charge >= 0.3 is 0 Å². The van der Waals surface area contributed by atoms with Gasteiger partial charge in [0.1, 0.15) is 11.5 Å². The van der Waals surface area contributed by atoms with Crippen molar-refractivity contribution in [1.82, 2.24) is 0 Å². The van der Waals surface area contributed by atoms with Gasteiger partial charge < -0.3 is 10.2 Å². The van der Waals surface area contributed by atoms with Crippen LogP contribution in [0.3, 0.4) is 0 Å². The van der Waals surface area contributed by atoms with Crippen molar-refractivity contribution in [2.45, 2.75) is 5.41 Å². The van der Waals surface area contributed by atoms with Crippen molar-refractivity contribution in [1.29, 1.82) is 0 Å². The molecule has 9 rings (SSSR count). The van der Waals surface area contributed by atoms with Crippen molar-refractivity contribution in [2.24, 2.45) is 0 Å². The number of aromatic hydroxyl groups is 2. The van der Waals surface area contributed by atoms with Gasteiger partial charge in [0, 0.05) is 9.75 Å². The largest absolute Gasteiger partial charge is 0.508 e. The molecule has 4 heteroatoms. The summed E-state index contributed by atoms with van der Waals surface area (Å²) in [6, 6.07) is 46.8. The van der Waals surface area contributed by atoms with E-state index >= 15 is 0 Å². The van der Waals surface area contributed by atoms with Gasteiger partial charge in [-0.2, -0.15) is 0 Å². The van der Waals surface area contributed by atoms with Gasteiger partial charge in [-0.15, -0.1) is 22.7 Å². The summed E-state index contributed by atoms with van der Waals surface area (Å²) in [6.45, 7) is 0. The molecule has 2 nitrogen and oxygen atoms in total. The Morgan fingerprint density at radius 1 is 0.400 bits per heavy atom. The van der Waals surface area contributed by atoms with Crippen molar-refractivity contribution >= 4 is 44.2 Å². The van der Waals surface area contributed by atoms with Crippen LogP contribution in [0.15, 0.2) is 144 Å². The highest BCUT2D eigenvalue weighted by Crippen LogP contribution is 2.61. The van der Waals surface area contributed by atoms with Gasteiger partial charge in [0.05, 0.1) is 5.41 Å². The standard InChI is InChI=1S/C41H26O2S2/c42-31-17-13-25-21-29(15-11-27(25)23-31)41(30-16-12-28-24-32(43)18-14-26(28)22-30)39-33(5-1-7-35(39)37-9-3-19-44-37)34-6-2-8-36(40(34)41)38-10-4-20-45-38/h1-24,42-43H. The van der Waals surface area contributed by atoms with Crippen molar-refractivity contribution in [3.63, 3.8) is 0 Å². The van der Waals surface area contributed by atoms with Gasteiger partial charge in [0.15, 0.2) is 0 Å². The van der Waals surface area contributed by atoms with Crippen LogP contribution >= 0.6 is 22.7 Å². The van der Waals surface area contributed by atoms with Gasteiger partial charge in [-0.05, 0) is 125 Å². The van der Waals surface area contributed by atoms with Gasteiger partial charge in [0.25, 0.3) is 0 Å². The molecule has 2 heterocycles. The van der Waals surface area contributed by atoms with E-state index in [1.54, 1.807) is 34.8 Å². The molecule has 8 aromatic rings. The molecule has 45 heavy (non-hydrogen) atoms. The molecular formula is C41H26O2S2. The van der Waals surface area contributed by atoms with Gasteiger partial charge in [-0.1, -0.05) is 84.9 Å². The maximum atomic E-state index is 10.3. The molecule has 214 valence electrons. The molecule has 0 amide bonds. The predicted octanol–water partition coefficient (Wildman–Crippen LogP) is 11.2. The molecule has 0 atom stereocenters. The average Bonchev–Trinajstić information content (AvgIpc) is 3.85. The summed E-state index contributed by atoms with van der Waals surface area (Å²) in [5, 5.41) is 29.0. The van der Waals surface area contributed by atoms with E-state index in [0.29, 0.717) is 0 Å². The number of rotatable bonds is 4. The first-order valence-electron chi connectivity index (χ1n) is 14.9. The van der Waals surface area contributed by atoms with Crippen molar-refractivity contribution in [3.8, 4) is 43.5 Å². The molecular weight excluding hydrogens is 589 g/mol. The van der Waals surface area contributed by atoms with Crippen molar-refractivity contribution in [2.75, 3.05) is 0 Å². The fraction of sp³-hybridized carbons (Fsp3) is 0.0244. The van der Waals surface area contributed by atoms with Crippen LogP contribution in [-0.4, -0.2) is 10.2 Å². The van der Waals surface area contributed by atoms with Crippen LogP contribution < -0.4 is 0 Å². The lowest BCUT2D eigenvalue weighted by molar-refractivity contribution is 0.475. The van der Waals surface area contributed by atoms with E-state index in [0.717, 1.165) is 21.5 Å². The normalized spacial score (nSPS) is 13.2. The summed E-state index contributed by atoms with van der Waals surface area (Å²) in [5.74, 6) is 0.526. The number of thiophene rings is 2. The highest BCUT2D eigenvalue weighted by molar-refractivity contribution is 7.13. The molecule has 6 aromatic carbocycles. The number of phenols is 2. The monoisotopic (exact) mass is 614 g/mol. The molecule has 0 saturated heterocycles. The highest BCUT2D eigenvalue weighted by atomic mass is 32.1. The highest BCUT2D eigenvalue weighted by Gasteiger charge is 2.49. The van der Waals surface area contributed by atoms with E-state index in [1.807, 2.05) is 24.3 Å². The lowest BCUT2D eigenvalue weighted by Crippen LogP contribution is -2.30. The van der Waals surface area contributed by atoms with Gasteiger partial charge in [-0.3, -0.25) is 0 Å². The molecule has 0 aliphatic heterocycles. The fourth-order valence-corrected chi connectivity index (χ4v) is 8.95. The smallest absolute Gasteiger partial charge is 0.116 e. The lowest BCUT2D eigenvalue weighted by Gasteiger charge is -2.36. The summed E-state index contributed by atoms with van der Waals surface area (Å²) in [6.07, 6.45) is 0. The maximum absolute atomic E-state index is 10.3. The number of hydrogen-bond donors (Lipinski definition) is 2. The number of benzene rings is 6. The van der Waals surface area contributed by atoms with E-state index in [2.05, 4.69) is 108 Å². The Morgan fingerprint density at radius 3 is 1.27 bits per heavy atom. The minimum absolute atomic E-state index is 0.263. The minimum atomic E-state index is -0.663. The Morgan fingerprint density at radius 2 is 0.822 bits per heavy atom. The predicted molar refractivity (Wildman–Crippen MR) is 189 cm³/mol. The zero-order valence-corrected chi connectivity index (χ0v) is 25.7. The summed E-state index contributed by atoms with van der Waals surface area (Å²) in [5.41, 5.74) is 9.19. The molecule has 0 fully saturated rings. The fourth-order valence-electron chi connectivity index (χ4n) is 7.44. The minimum Gasteiger partial charge on any atom is -0.508 e. The summed E-state index contributed by atoms with van der Waals surface area (Å²) in [4.78, 5) is 2.47. The zero-order chi connectivity index (χ0) is 30.1. The average molecular weight is 615 g/mol. The van der Waals surface area contributed by atoms with E-state index in [9.17, 15) is 10.2 Å². The quantitative estimate of drug-likeness (QED) is 0.207. The van der Waals surface area contributed by atoms with Crippen LogP contribution in [0, 0.1) is 0 Å². The second-order valence-corrected chi connectivity index (χ2v) is 13.5. The Labute approximate surface area is 268 Å². The van der Waals surface area contributed by atoms with Gasteiger partial charge in [0.2, 0.25) is 0 Å². The molecule has 0 radical (unpaired) electrons. The summed E-state index contributed by atoms with van der Waals surface area (Å²) in [7, 11) is 0. The first-order valence-corrected chi connectivity index (χ1v) is 16.7. The van der Waals surface area contributed by atoms with Crippen LogP contribution in [0.4, 0.5) is 0 Å². The number of phenolic OH excluding ortho intramolecular Hbond substituents is 2. The van der Waals surface area contributed by atoms with Crippen LogP contribution in [0.2, 0.25) is 0 Å². The van der Waals surface area contributed by atoms with E-state index < -0.39 is 5.41 Å². The van der Waals surface area contributed by atoms with Crippen LogP contribution in [0.25, 0.3) is 53.6 Å². The van der Waals surface area contributed by atoms with E-state index in [-0.39, 0.29) is 11.5 Å². The molecule has 0 unspecified atom stereocenters. The summed E-state index contributed by atoms with van der Waals surface area (Å²) >= 11 is 3.54. The second kappa shape index (κ2) is 9.93. The molecule has 1 aliphatic carbocycles. The molecule has 0 saturated carbocycles. The molecule has 2 N–H and O–H groups in total.